The average molecular weight is 206 g/mol. The van der Waals surface area contributed by atoms with E-state index < -0.39 is 0 Å². The SMILES string of the molecule is C=COC(C)/C=C1\CC=C[C@H](C(C)=O)C1. The van der Waals surface area contributed by atoms with Crippen LogP contribution in [-0.2, 0) is 9.53 Å². The highest BCUT2D eigenvalue weighted by atomic mass is 16.5. The highest BCUT2D eigenvalue weighted by Gasteiger charge is 2.16. The van der Waals surface area contributed by atoms with Crippen LogP contribution in [0.1, 0.15) is 26.7 Å². The van der Waals surface area contributed by atoms with E-state index in [1.165, 1.54) is 11.8 Å². The van der Waals surface area contributed by atoms with E-state index in [1.54, 1.807) is 6.92 Å². The summed E-state index contributed by atoms with van der Waals surface area (Å²) in [6.45, 7) is 7.13. The van der Waals surface area contributed by atoms with Crippen molar-refractivity contribution in [2.24, 2.45) is 5.92 Å². The normalized spacial score (nSPS) is 24.9. The molecule has 1 unspecified atom stereocenters. The Bertz CT molecular complexity index is 300. The lowest BCUT2D eigenvalue weighted by atomic mass is 9.88. The van der Waals surface area contributed by atoms with Crippen LogP contribution in [0.3, 0.4) is 0 Å². The predicted molar refractivity (Wildman–Crippen MR) is 61.4 cm³/mol. The topological polar surface area (TPSA) is 26.3 Å². The van der Waals surface area contributed by atoms with Gasteiger partial charge in [0.1, 0.15) is 11.9 Å². The van der Waals surface area contributed by atoms with E-state index in [1.807, 2.05) is 13.0 Å². The minimum atomic E-state index is 0.0385. The number of rotatable bonds is 4. The smallest absolute Gasteiger partial charge is 0.136 e. The van der Waals surface area contributed by atoms with Crippen LogP contribution in [0, 0.1) is 5.92 Å². The molecule has 2 nitrogen and oxygen atoms in total. The molecule has 0 saturated carbocycles. The molecule has 0 aromatic rings. The third-order valence-electron chi connectivity index (χ3n) is 2.53. The summed E-state index contributed by atoms with van der Waals surface area (Å²) in [7, 11) is 0. The van der Waals surface area contributed by atoms with Gasteiger partial charge < -0.3 is 4.74 Å². The van der Waals surface area contributed by atoms with Crippen molar-refractivity contribution in [3.63, 3.8) is 0 Å². The fourth-order valence-electron chi connectivity index (χ4n) is 1.76. The Morgan fingerprint density at radius 2 is 2.47 bits per heavy atom. The van der Waals surface area contributed by atoms with Crippen molar-refractivity contribution in [3.8, 4) is 0 Å². The number of ketones is 1. The Hall–Kier alpha value is -1.31. The molecule has 0 bridgehead atoms. The van der Waals surface area contributed by atoms with Crippen LogP contribution in [0.4, 0.5) is 0 Å². The number of carbonyl (C=O) groups is 1. The van der Waals surface area contributed by atoms with Gasteiger partial charge in [-0.05, 0) is 32.8 Å². The lowest BCUT2D eigenvalue weighted by molar-refractivity contribution is -0.119. The van der Waals surface area contributed by atoms with E-state index in [-0.39, 0.29) is 17.8 Å². The molecule has 0 aromatic carbocycles. The molecule has 0 aromatic heterocycles. The molecule has 0 fully saturated rings. The Labute approximate surface area is 91.3 Å². The first-order valence-electron chi connectivity index (χ1n) is 5.26. The van der Waals surface area contributed by atoms with Crippen molar-refractivity contribution >= 4 is 5.78 Å². The maximum Gasteiger partial charge on any atom is 0.136 e. The standard InChI is InChI=1S/C13H18O2/c1-4-15-10(2)8-12-6-5-7-13(9-12)11(3)14/h4-5,7-8,10,13H,1,6,9H2,2-3H3/b12-8+/t10?,13-/m0/s1. The van der Waals surface area contributed by atoms with Gasteiger partial charge in [0, 0.05) is 5.92 Å². The zero-order valence-electron chi connectivity index (χ0n) is 9.40. The quantitative estimate of drug-likeness (QED) is 0.522. The molecule has 0 saturated heterocycles. The Kier molecular flexibility index (Phi) is 4.35. The summed E-state index contributed by atoms with van der Waals surface area (Å²) < 4.78 is 5.22. The molecule has 1 rings (SSSR count). The van der Waals surface area contributed by atoms with Crippen molar-refractivity contribution in [1.29, 1.82) is 0 Å². The molecular formula is C13H18O2. The highest BCUT2D eigenvalue weighted by molar-refractivity contribution is 5.80. The van der Waals surface area contributed by atoms with Crippen LogP contribution in [0.2, 0.25) is 0 Å². The highest BCUT2D eigenvalue weighted by Crippen LogP contribution is 2.24. The molecule has 0 spiro atoms. The summed E-state index contributed by atoms with van der Waals surface area (Å²) in [6, 6.07) is 0. The zero-order chi connectivity index (χ0) is 11.3. The minimum Gasteiger partial charge on any atom is -0.495 e. The molecule has 82 valence electrons. The summed E-state index contributed by atoms with van der Waals surface area (Å²) in [4.78, 5) is 11.2. The van der Waals surface area contributed by atoms with Crippen molar-refractivity contribution in [3.05, 3.63) is 36.6 Å². The van der Waals surface area contributed by atoms with Gasteiger partial charge in [0.05, 0.1) is 6.26 Å². The molecule has 2 heteroatoms. The lowest BCUT2D eigenvalue weighted by Crippen LogP contribution is -2.13. The monoisotopic (exact) mass is 206 g/mol. The molecule has 2 atom stereocenters. The Morgan fingerprint density at radius 3 is 3.07 bits per heavy atom. The van der Waals surface area contributed by atoms with Crippen molar-refractivity contribution < 1.29 is 9.53 Å². The summed E-state index contributed by atoms with van der Waals surface area (Å²) in [5.74, 6) is 0.287. The molecule has 0 radical (unpaired) electrons. The Morgan fingerprint density at radius 1 is 1.73 bits per heavy atom. The van der Waals surface area contributed by atoms with E-state index in [2.05, 4.69) is 18.7 Å². The van der Waals surface area contributed by atoms with E-state index in [9.17, 15) is 4.79 Å². The van der Waals surface area contributed by atoms with E-state index in [4.69, 9.17) is 4.74 Å². The molecule has 0 aliphatic heterocycles. The van der Waals surface area contributed by atoms with Gasteiger partial charge in [0.2, 0.25) is 0 Å². The number of allylic oxidation sites excluding steroid dienone is 3. The van der Waals surface area contributed by atoms with E-state index in [0.29, 0.717) is 0 Å². The van der Waals surface area contributed by atoms with Gasteiger partial charge in [-0.15, -0.1) is 0 Å². The molecule has 1 aliphatic rings. The van der Waals surface area contributed by atoms with Gasteiger partial charge >= 0.3 is 0 Å². The second kappa shape index (κ2) is 5.54. The molecule has 0 amide bonds. The molecule has 15 heavy (non-hydrogen) atoms. The third-order valence-corrected chi connectivity index (χ3v) is 2.53. The van der Waals surface area contributed by atoms with Crippen LogP contribution in [0.5, 0.6) is 0 Å². The summed E-state index contributed by atoms with van der Waals surface area (Å²) >= 11 is 0. The first-order valence-corrected chi connectivity index (χ1v) is 5.26. The van der Waals surface area contributed by atoms with Crippen LogP contribution in [0.15, 0.2) is 36.6 Å². The van der Waals surface area contributed by atoms with Crippen LogP contribution in [-0.4, -0.2) is 11.9 Å². The average Bonchev–Trinajstić information content (AvgIpc) is 2.18. The summed E-state index contributed by atoms with van der Waals surface area (Å²) in [5.41, 5.74) is 1.27. The summed E-state index contributed by atoms with van der Waals surface area (Å²) in [5, 5.41) is 0. The van der Waals surface area contributed by atoms with Gasteiger partial charge in [-0.1, -0.05) is 24.3 Å². The largest absolute Gasteiger partial charge is 0.495 e. The van der Waals surface area contributed by atoms with Crippen LogP contribution < -0.4 is 0 Å². The van der Waals surface area contributed by atoms with Gasteiger partial charge in [-0.25, -0.2) is 0 Å². The number of carbonyl (C=O) groups excluding carboxylic acids is 1. The van der Waals surface area contributed by atoms with E-state index >= 15 is 0 Å². The maximum absolute atomic E-state index is 11.2. The van der Waals surface area contributed by atoms with Crippen molar-refractivity contribution in [2.75, 3.05) is 0 Å². The number of Topliss-reactive ketones (excluding diaryl/α,β-unsaturated/α-hetero) is 1. The van der Waals surface area contributed by atoms with Gasteiger partial charge in [0.25, 0.3) is 0 Å². The summed E-state index contributed by atoms with van der Waals surface area (Å²) in [6.07, 6.45) is 9.37. The first-order chi connectivity index (χ1) is 7.13. The predicted octanol–water partition coefficient (Wildman–Crippen LogP) is 3.02. The number of hydrogen-bond acceptors (Lipinski definition) is 2. The van der Waals surface area contributed by atoms with E-state index in [0.717, 1.165) is 12.8 Å². The van der Waals surface area contributed by atoms with Gasteiger partial charge in [-0.3, -0.25) is 4.79 Å². The third kappa shape index (κ3) is 3.74. The second-order valence-corrected chi connectivity index (χ2v) is 3.89. The number of hydrogen-bond donors (Lipinski definition) is 0. The Balaban J connectivity index is 2.62. The molecular weight excluding hydrogens is 188 g/mol. The minimum absolute atomic E-state index is 0.0385. The van der Waals surface area contributed by atoms with Gasteiger partial charge in [0.15, 0.2) is 0 Å². The van der Waals surface area contributed by atoms with Crippen molar-refractivity contribution in [2.45, 2.75) is 32.8 Å². The number of ether oxygens (including phenoxy) is 1. The lowest BCUT2D eigenvalue weighted by Gasteiger charge is -2.18. The first kappa shape index (κ1) is 11.8. The second-order valence-electron chi connectivity index (χ2n) is 3.89. The molecule has 0 N–H and O–H groups in total. The fourth-order valence-corrected chi connectivity index (χ4v) is 1.76. The molecule has 1 aliphatic carbocycles. The van der Waals surface area contributed by atoms with Crippen LogP contribution in [0.25, 0.3) is 0 Å². The fraction of sp³-hybridized carbons (Fsp3) is 0.462. The van der Waals surface area contributed by atoms with Crippen molar-refractivity contribution in [1.82, 2.24) is 0 Å². The van der Waals surface area contributed by atoms with Crippen LogP contribution >= 0.6 is 0 Å². The maximum atomic E-state index is 11.2. The zero-order valence-corrected chi connectivity index (χ0v) is 9.40. The molecule has 0 heterocycles. The van der Waals surface area contributed by atoms with Gasteiger partial charge in [-0.2, -0.15) is 0 Å².